The Morgan fingerprint density at radius 1 is 0.559 bits per heavy atom. The van der Waals surface area contributed by atoms with Gasteiger partial charge in [-0.3, -0.25) is 10.2 Å². The fourth-order valence-corrected chi connectivity index (χ4v) is 3.29. The van der Waals surface area contributed by atoms with Crippen molar-refractivity contribution in [1.82, 2.24) is 20.4 Å². The summed E-state index contributed by atoms with van der Waals surface area (Å²) in [7, 11) is 0. The summed E-state index contributed by atoms with van der Waals surface area (Å²) in [6.45, 7) is 0. The Bertz CT molecular complexity index is 1330. The van der Waals surface area contributed by atoms with E-state index >= 15 is 0 Å². The van der Waals surface area contributed by atoms with Crippen molar-refractivity contribution in [3.05, 3.63) is 108 Å². The predicted molar refractivity (Wildman–Crippen MR) is 124 cm³/mol. The lowest BCUT2D eigenvalue weighted by Crippen LogP contribution is -2.10. The summed E-state index contributed by atoms with van der Waals surface area (Å²) >= 11 is 0. The van der Waals surface area contributed by atoms with E-state index in [1.54, 1.807) is 30.3 Å². The highest BCUT2D eigenvalue weighted by Gasteiger charge is 2.16. The lowest BCUT2D eigenvalue weighted by atomic mass is 10.1. The van der Waals surface area contributed by atoms with Crippen LogP contribution in [0, 0.1) is 0 Å². The van der Waals surface area contributed by atoms with Gasteiger partial charge < -0.3 is 9.47 Å². The zero-order valence-electron chi connectivity index (χ0n) is 17.8. The molecule has 0 amide bonds. The number of esters is 2. The van der Waals surface area contributed by atoms with Crippen LogP contribution in [0.3, 0.4) is 0 Å². The number of H-pyrrole nitrogens is 2. The van der Waals surface area contributed by atoms with E-state index in [1.807, 2.05) is 60.7 Å². The second-order valence-electron chi connectivity index (χ2n) is 7.32. The molecule has 0 spiro atoms. The number of hydrogen-bond acceptors (Lipinski definition) is 6. The van der Waals surface area contributed by atoms with E-state index in [-0.39, 0.29) is 22.9 Å². The molecule has 34 heavy (non-hydrogen) atoms. The first-order valence-corrected chi connectivity index (χ1v) is 10.4. The SMILES string of the molecule is O=C(Oc1cccc(OC(=O)c2cc(-c3ccccc3)n[nH]2)c1)c1cc(-c2ccccc2)n[nH]1. The van der Waals surface area contributed by atoms with Gasteiger partial charge in [0.2, 0.25) is 0 Å². The van der Waals surface area contributed by atoms with Crippen molar-refractivity contribution in [3.63, 3.8) is 0 Å². The largest absolute Gasteiger partial charge is 0.422 e. The van der Waals surface area contributed by atoms with Crippen LogP contribution in [-0.2, 0) is 0 Å². The molecule has 0 saturated carbocycles. The highest BCUT2D eigenvalue weighted by atomic mass is 16.5. The van der Waals surface area contributed by atoms with E-state index in [9.17, 15) is 9.59 Å². The van der Waals surface area contributed by atoms with Crippen LogP contribution in [0.2, 0.25) is 0 Å². The monoisotopic (exact) mass is 450 g/mol. The van der Waals surface area contributed by atoms with Gasteiger partial charge in [-0.1, -0.05) is 66.7 Å². The highest BCUT2D eigenvalue weighted by molar-refractivity contribution is 5.91. The van der Waals surface area contributed by atoms with Gasteiger partial charge in [-0.05, 0) is 24.3 Å². The molecule has 8 heteroatoms. The lowest BCUT2D eigenvalue weighted by molar-refractivity contribution is 0.0726. The van der Waals surface area contributed by atoms with Gasteiger partial charge in [-0.25, -0.2) is 9.59 Å². The molecule has 2 N–H and O–H groups in total. The van der Waals surface area contributed by atoms with E-state index in [0.717, 1.165) is 11.1 Å². The lowest BCUT2D eigenvalue weighted by Gasteiger charge is -2.06. The van der Waals surface area contributed by atoms with Crippen molar-refractivity contribution >= 4 is 11.9 Å². The van der Waals surface area contributed by atoms with Crippen molar-refractivity contribution in [2.75, 3.05) is 0 Å². The van der Waals surface area contributed by atoms with E-state index in [1.165, 1.54) is 6.07 Å². The van der Waals surface area contributed by atoms with E-state index in [2.05, 4.69) is 20.4 Å². The molecular formula is C26H18N4O4. The molecule has 0 bridgehead atoms. The second kappa shape index (κ2) is 9.25. The number of hydrogen-bond donors (Lipinski definition) is 2. The third-order valence-electron chi connectivity index (χ3n) is 4.96. The Morgan fingerprint density at radius 3 is 1.44 bits per heavy atom. The van der Waals surface area contributed by atoms with Crippen LogP contribution in [0.5, 0.6) is 11.5 Å². The van der Waals surface area contributed by atoms with Crippen molar-refractivity contribution in [2.45, 2.75) is 0 Å². The normalized spacial score (nSPS) is 10.6. The fraction of sp³-hybridized carbons (Fsp3) is 0. The number of nitrogens with zero attached hydrogens (tertiary/aromatic N) is 2. The number of ether oxygens (including phenoxy) is 2. The molecule has 0 aliphatic rings. The number of rotatable bonds is 6. The Balaban J connectivity index is 1.25. The first-order chi connectivity index (χ1) is 16.7. The first-order valence-electron chi connectivity index (χ1n) is 10.4. The van der Waals surface area contributed by atoms with Crippen molar-refractivity contribution in [3.8, 4) is 34.0 Å². The Hall–Kier alpha value is -4.98. The molecule has 8 nitrogen and oxygen atoms in total. The van der Waals surface area contributed by atoms with Gasteiger partial charge >= 0.3 is 11.9 Å². The van der Waals surface area contributed by atoms with Gasteiger partial charge in [0.15, 0.2) is 0 Å². The molecule has 0 atom stereocenters. The van der Waals surface area contributed by atoms with Crippen LogP contribution >= 0.6 is 0 Å². The Morgan fingerprint density at radius 2 is 1.00 bits per heavy atom. The summed E-state index contributed by atoms with van der Waals surface area (Å²) in [5, 5.41) is 13.7. The first kappa shape index (κ1) is 20.9. The van der Waals surface area contributed by atoms with Gasteiger partial charge in [0.25, 0.3) is 0 Å². The van der Waals surface area contributed by atoms with E-state index in [0.29, 0.717) is 11.4 Å². The molecule has 2 aromatic heterocycles. The predicted octanol–water partition coefficient (Wildman–Crippen LogP) is 4.91. The van der Waals surface area contributed by atoms with Gasteiger partial charge in [0.1, 0.15) is 22.9 Å². The van der Waals surface area contributed by atoms with Gasteiger partial charge in [-0.15, -0.1) is 0 Å². The number of nitrogens with one attached hydrogen (secondary N) is 2. The van der Waals surface area contributed by atoms with Crippen molar-refractivity contribution in [1.29, 1.82) is 0 Å². The number of aromatic nitrogens is 4. The van der Waals surface area contributed by atoms with Gasteiger partial charge in [-0.2, -0.15) is 10.2 Å². The smallest absolute Gasteiger partial charge is 0.361 e. The number of carbonyl (C=O) groups excluding carboxylic acids is 2. The average molecular weight is 450 g/mol. The zero-order chi connectivity index (χ0) is 23.3. The summed E-state index contributed by atoms with van der Waals surface area (Å²) in [4.78, 5) is 25.1. The molecule has 5 rings (SSSR count). The minimum atomic E-state index is -0.612. The quantitative estimate of drug-likeness (QED) is 0.281. The minimum absolute atomic E-state index is 0.201. The van der Waals surface area contributed by atoms with Gasteiger partial charge in [0.05, 0.1) is 11.4 Å². The summed E-state index contributed by atoms with van der Waals surface area (Å²) in [5.41, 5.74) is 3.41. The third kappa shape index (κ3) is 4.61. The fourth-order valence-electron chi connectivity index (χ4n) is 3.29. The number of carbonyl (C=O) groups is 2. The van der Waals surface area contributed by atoms with Crippen LogP contribution in [-0.4, -0.2) is 32.3 Å². The molecule has 0 fully saturated rings. The molecule has 0 aliphatic carbocycles. The van der Waals surface area contributed by atoms with Crippen LogP contribution in [0.1, 0.15) is 21.0 Å². The summed E-state index contributed by atoms with van der Waals surface area (Å²) in [6.07, 6.45) is 0. The maximum Gasteiger partial charge on any atom is 0.361 e. The minimum Gasteiger partial charge on any atom is -0.422 e. The number of benzene rings is 3. The molecule has 5 aromatic rings. The molecule has 0 saturated heterocycles. The van der Waals surface area contributed by atoms with Crippen LogP contribution in [0.25, 0.3) is 22.5 Å². The molecule has 3 aromatic carbocycles. The molecule has 0 unspecified atom stereocenters. The van der Waals surface area contributed by atoms with E-state index in [4.69, 9.17) is 9.47 Å². The molecule has 0 radical (unpaired) electrons. The van der Waals surface area contributed by atoms with Crippen LogP contribution in [0.15, 0.2) is 97.1 Å². The number of aromatic amines is 2. The Labute approximate surface area is 194 Å². The van der Waals surface area contributed by atoms with Crippen LogP contribution in [0.4, 0.5) is 0 Å². The highest BCUT2D eigenvalue weighted by Crippen LogP contribution is 2.23. The molecular weight excluding hydrogens is 432 g/mol. The summed E-state index contributed by atoms with van der Waals surface area (Å²) in [5.74, 6) is -0.778. The van der Waals surface area contributed by atoms with Crippen LogP contribution < -0.4 is 9.47 Å². The Kier molecular flexibility index (Phi) is 5.69. The van der Waals surface area contributed by atoms with Crippen molar-refractivity contribution < 1.29 is 19.1 Å². The standard InChI is InChI=1S/C26H18N4O4/c31-25(23-15-21(27-29-23)17-8-3-1-4-9-17)33-19-12-7-13-20(14-19)34-26(32)24-16-22(28-30-24)18-10-5-2-6-11-18/h1-16H,(H,27,29)(H,28,30). The van der Waals surface area contributed by atoms with E-state index < -0.39 is 11.9 Å². The molecule has 2 heterocycles. The van der Waals surface area contributed by atoms with Crippen molar-refractivity contribution in [2.24, 2.45) is 0 Å². The summed E-state index contributed by atoms with van der Waals surface area (Å²) < 4.78 is 10.8. The second-order valence-corrected chi connectivity index (χ2v) is 7.32. The maximum absolute atomic E-state index is 12.5. The average Bonchev–Trinajstić information content (AvgIpc) is 3.56. The third-order valence-corrected chi connectivity index (χ3v) is 4.96. The topological polar surface area (TPSA) is 110 Å². The van der Waals surface area contributed by atoms with Gasteiger partial charge in [0, 0.05) is 17.2 Å². The zero-order valence-corrected chi connectivity index (χ0v) is 17.8. The summed E-state index contributed by atoms with van der Waals surface area (Å²) in [6, 6.07) is 28.4. The molecule has 0 aliphatic heterocycles. The maximum atomic E-state index is 12.5. The molecule has 166 valence electrons.